The number of nitrogens with zero attached hydrogens (tertiary/aromatic N) is 1. The molecule has 2 rings (SSSR count). The van der Waals surface area contributed by atoms with Gasteiger partial charge in [0, 0.05) is 24.4 Å². The van der Waals surface area contributed by atoms with Gasteiger partial charge in [0.05, 0.1) is 7.11 Å². The Kier molecular flexibility index (Phi) is 2.69. The Labute approximate surface area is 95.3 Å². The van der Waals surface area contributed by atoms with Crippen LogP contribution in [0.2, 0.25) is 0 Å². The first-order valence-electron chi connectivity index (χ1n) is 5.23. The van der Waals surface area contributed by atoms with Gasteiger partial charge in [-0.25, -0.2) is 0 Å². The first-order valence-corrected chi connectivity index (χ1v) is 5.23. The highest BCUT2D eigenvalue weighted by atomic mass is 16.5. The molecule has 1 aliphatic heterocycles. The van der Waals surface area contributed by atoms with E-state index in [1.165, 1.54) is 0 Å². The summed E-state index contributed by atoms with van der Waals surface area (Å²) >= 11 is 0. The average molecular weight is 217 g/mol. The number of carbonyl (C=O) groups excluding carboxylic acids is 1. The zero-order valence-electron chi connectivity index (χ0n) is 9.73. The Morgan fingerprint density at radius 1 is 1.31 bits per heavy atom. The molecule has 1 aromatic rings. The number of hydrogen-bond donors (Lipinski definition) is 0. The summed E-state index contributed by atoms with van der Waals surface area (Å²) in [5.41, 5.74) is 1.91. The number of methoxy groups -OCH3 is 1. The molecule has 84 valence electrons. The topological polar surface area (TPSA) is 29.5 Å². The summed E-state index contributed by atoms with van der Waals surface area (Å²) in [6.07, 6.45) is 1.68. The van der Waals surface area contributed by atoms with Crippen molar-refractivity contribution in [2.24, 2.45) is 0 Å². The molecule has 0 amide bonds. The van der Waals surface area contributed by atoms with Crippen LogP contribution in [0.15, 0.2) is 36.0 Å². The lowest BCUT2D eigenvalue weighted by Crippen LogP contribution is -2.22. The second kappa shape index (κ2) is 4.00. The number of para-hydroxylation sites is 1. The molecular weight excluding hydrogens is 202 g/mol. The van der Waals surface area contributed by atoms with Crippen molar-refractivity contribution in [3.8, 4) is 5.75 Å². The molecule has 16 heavy (non-hydrogen) atoms. The van der Waals surface area contributed by atoms with Gasteiger partial charge >= 0.3 is 0 Å². The van der Waals surface area contributed by atoms with Crippen LogP contribution in [0.5, 0.6) is 5.75 Å². The van der Waals surface area contributed by atoms with Crippen LogP contribution < -0.4 is 4.74 Å². The van der Waals surface area contributed by atoms with Crippen molar-refractivity contribution in [2.45, 2.75) is 13.0 Å². The number of ketones is 1. The number of benzene rings is 1. The summed E-state index contributed by atoms with van der Waals surface area (Å²) in [5, 5.41) is 0. The maximum Gasteiger partial charge on any atom is 0.184 e. The van der Waals surface area contributed by atoms with E-state index in [4.69, 9.17) is 4.74 Å². The van der Waals surface area contributed by atoms with Crippen LogP contribution in [0.25, 0.3) is 0 Å². The minimum Gasteiger partial charge on any atom is -0.496 e. The molecule has 1 aliphatic rings. The quantitative estimate of drug-likeness (QED) is 0.760. The number of allylic oxidation sites excluding steroid dienone is 1. The van der Waals surface area contributed by atoms with Crippen LogP contribution in [-0.4, -0.2) is 24.8 Å². The van der Waals surface area contributed by atoms with Crippen LogP contribution in [0, 0.1) is 0 Å². The summed E-state index contributed by atoms with van der Waals surface area (Å²) in [5.74, 6) is 0.875. The monoisotopic (exact) mass is 217 g/mol. The van der Waals surface area contributed by atoms with Crippen molar-refractivity contribution in [3.63, 3.8) is 0 Å². The Bertz CT molecular complexity index is 451. The summed E-state index contributed by atoms with van der Waals surface area (Å²) in [7, 11) is 3.55. The smallest absolute Gasteiger partial charge is 0.184 e. The molecule has 0 aromatic heterocycles. The SMILES string of the molecule is COc1ccccc1C1C(=O)C=C(C)N1C. The first kappa shape index (κ1) is 10.7. The Balaban J connectivity index is 2.42. The molecule has 0 radical (unpaired) electrons. The first-order chi connectivity index (χ1) is 7.65. The highest BCUT2D eigenvalue weighted by molar-refractivity contribution is 5.98. The predicted molar refractivity (Wildman–Crippen MR) is 62.3 cm³/mol. The van der Waals surface area contributed by atoms with E-state index in [9.17, 15) is 4.79 Å². The fourth-order valence-electron chi connectivity index (χ4n) is 2.04. The lowest BCUT2D eigenvalue weighted by molar-refractivity contribution is -0.117. The summed E-state index contributed by atoms with van der Waals surface area (Å²) in [4.78, 5) is 13.9. The summed E-state index contributed by atoms with van der Waals surface area (Å²) in [6.45, 7) is 1.94. The van der Waals surface area contributed by atoms with Crippen molar-refractivity contribution >= 4 is 5.78 Å². The van der Waals surface area contributed by atoms with E-state index < -0.39 is 0 Å². The molecule has 0 N–H and O–H groups in total. The van der Waals surface area contributed by atoms with Crippen molar-refractivity contribution in [2.75, 3.05) is 14.2 Å². The van der Waals surface area contributed by atoms with Gasteiger partial charge in [0.2, 0.25) is 0 Å². The minimum atomic E-state index is -0.240. The van der Waals surface area contributed by atoms with Crippen molar-refractivity contribution in [3.05, 3.63) is 41.6 Å². The Morgan fingerprint density at radius 3 is 2.56 bits per heavy atom. The van der Waals surface area contributed by atoms with Crippen LogP contribution in [-0.2, 0) is 4.79 Å². The highest BCUT2D eigenvalue weighted by Crippen LogP contribution is 2.34. The van der Waals surface area contributed by atoms with E-state index in [0.717, 1.165) is 17.0 Å². The fraction of sp³-hybridized carbons (Fsp3) is 0.308. The Hall–Kier alpha value is -1.77. The van der Waals surface area contributed by atoms with Gasteiger partial charge in [0.15, 0.2) is 5.78 Å². The van der Waals surface area contributed by atoms with Gasteiger partial charge in [-0.2, -0.15) is 0 Å². The van der Waals surface area contributed by atoms with Crippen LogP contribution in [0.1, 0.15) is 18.5 Å². The van der Waals surface area contributed by atoms with E-state index in [-0.39, 0.29) is 11.8 Å². The van der Waals surface area contributed by atoms with E-state index in [1.807, 2.05) is 43.1 Å². The third-order valence-electron chi connectivity index (χ3n) is 3.00. The van der Waals surface area contributed by atoms with Gasteiger partial charge in [0.25, 0.3) is 0 Å². The molecule has 1 unspecified atom stereocenters. The molecule has 1 atom stereocenters. The zero-order chi connectivity index (χ0) is 11.7. The van der Waals surface area contributed by atoms with Gasteiger partial charge in [-0.3, -0.25) is 4.79 Å². The standard InChI is InChI=1S/C13H15NO2/c1-9-8-11(15)13(14(9)2)10-6-4-5-7-12(10)16-3/h4-8,13H,1-3H3. The molecule has 0 saturated carbocycles. The van der Waals surface area contributed by atoms with Crippen molar-refractivity contribution in [1.82, 2.24) is 4.90 Å². The molecule has 0 bridgehead atoms. The van der Waals surface area contributed by atoms with E-state index in [2.05, 4.69) is 0 Å². The molecule has 1 heterocycles. The third kappa shape index (κ3) is 1.58. The highest BCUT2D eigenvalue weighted by Gasteiger charge is 2.31. The lowest BCUT2D eigenvalue weighted by atomic mass is 10.0. The molecule has 3 heteroatoms. The third-order valence-corrected chi connectivity index (χ3v) is 3.00. The molecule has 0 saturated heterocycles. The van der Waals surface area contributed by atoms with Gasteiger partial charge < -0.3 is 9.64 Å². The van der Waals surface area contributed by atoms with Crippen molar-refractivity contribution in [1.29, 1.82) is 0 Å². The molecule has 0 spiro atoms. The molecule has 0 aliphatic carbocycles. The number of ether oxygens (including phenoxy) is 1. The van der Waals surface area contributed by atoms with Gasteiger partial charge in [-0.1, -0.05) is 18.2 Å². The van der Waals surface area contributed by atoms with Gasteiger partial charge in [-0.05, 0) is 13.0 Å². The van der Waals surface area contributed by atoms with Gasteiger partial charge in [-0.15, -0.1) is 0 Å². The van der Waals surface area contributed by atoms with Gasteiger partial charge in [0.1, 0.15) is 11.8 Å². The average Bonchev–Trinajstić information content (AvgIpc) is 2.53. The number of carbonyl (C=O) groups is 1. The summed E-state index contributed by atoms with van der Waals surface area (Å²) < 4.78 is 5.29. The van der Waals surface area contributed by atoms with E-state index in [1.54, 1.807) is 13.2 Å². The van der Waals surface area contributed by atoms with E-state index in [0.29, 0.717) is 0 Å². The molecule has 1 aromatic carbocycles. The maximum absolute atomic E-state index is 11.9. The van der Waals surface area contributed by atoms with Crippen LogP contribution >= 0.6 is 0 Å². The van der Waals surface area contributed by atoms with Crippen LogP contribution in [0.4, 0.5) is 0 Å². The second-order valence-electron chi connectivity index (χ2n) is 3.94. The number of rotatable bonds is 2. The zero-order valence-corrected chi connectivity index (χ0v) is 9.73. The molecule has 0 fully saturated rings. The lowest BCUT2D eigenvalue weighted by Gasteiger charge is -2.24. The molecule has 3 nitrogen and oxygen atoms in total. The van der Waals surface area contributed by atoms with Crippen LogP contribution in [0.3, 0.4) is 0 Å². The second-order valence-corrected chi connectivity index (χ2v) is 3.94. The normalized spacial score (nSPS) is 19.9. The summed E-state index contributed by atoms with van der Waals surface area (Å²) in [6, 6.07) is 7.40. The number of likely N-dealkylation sites (N-methyl/N-ethyl adjacent to an activating group) is 1. The maximum atomic E-state index is 11.9. The predicted octanol–water partition coefficient (Wildman–Crippen LogP) is 2.15. The Morgan fingerprint density at radius 2 is 2.00 bits per heavy atom. The largest absolute Gasteiger partial charge is 0.496 e. The van der Waals surface area contributed by atoms with E-state index >= 15 is 0 Å². The molecular formula is C13H15NO2. The fourth-order valence-corrected chi connectivity index (χ4v) is 2.04. The minimum absolute atomic E-state index is 0.115. The van der Waals surface area contributed by atoms with Crippen molar-refractivity contribution < 1.29 is 9.53 Å². The number of hydrogen-bond acceptors (Lipinski definition) is 3.